The number of hydrogen-bond acceptors (Lipinski definition) is 6. The fourth-order valence-corrected chi connectivity index (χ4v) is 3.77. The number of benzene rings is 2. The van der Waals surface area contributed by atoms with Crippen molar-refractivity contribution in [3.8, 4) is 11.8 Å². The van der Waals surface area contributed by atoms with E-state index in [1.54, 1.807) is 19.2 Å². The van der Waals surface area contributed by atoms with Crippen LogP contribution >= 0.6 is 0 Å². The van der Waals surface area contributed by atoms with Gasteiger partial charge in [-0.05, 0) is 68.0 Å². The first-order valence-electron chi connectivity index (χ1n) is 9.84. The third kappa shape index (κ3) is 5.85. The number of amides is 1. The quantitative estimate of drug-likeness (QED) is 0.406. The molecule has 9 nitrogen and oxygen atoms in total. The van der Waals surface area contributed by atoms with Crippen molar-refractivity contribution < 1.29 is 17.9 Å². The highest BCUT2D eigenvalue weighted by atomic mass is 32.2. The zero-order valence-corrected chi connectivity index (χ0v) is 19.2. The lowest BCUT2D eigenvalue weighted by Gasteiger charge is -2.11. The predicted molar refractivity (Wildman–Crippen MR) is 124 cm³/mol. The van der Waals surface area contributed by atoms with Crippen molar-refractivity contribution >= 4 is 27.7 Å². The minimum atomic E-state index is -3.84. The Morgan fingerprint density at radius 3 is 2.45 bits per heavy atom. The molecule has 0 atom stereocenters. The number of anilines is 1. The summed E-state index contributed by atoms with van der Waals surface area (Å²) in [5.41, 5.74) is 3.60. The molecule has 0 saturated carbocycles. The molecule has 0 aliphatic rings. The van der Waals surface area contributed by atoms with Crippen molar-refractivity contribution in [1.29, 1.82) is 5.26 Å². The average Bonchev–Trinajstić information content (AvgIpc) is 3.08. The topological polar surface area (TPSA) is 140 Å². The van der Waals surface area contributed by atoms with E-state index in [0.29, 0.717) is 23.5 Å². The van der Waals surface area contributed by atoms with E-state index < -0.39 is 15.9 Å². The Labute approximate surface area is 192 Å². The molecular formula is C23H23N5O4S. The third-order valence-electron chi connectivity index (χ3n) is 4.84. The molecule has 1 amide bonds. The Hall–Kier alpha value is -3.94. The number of nitriles is 1. The maximum atomic E-state index is 12.6. The summed E-state index contributed by atoms with van der Waals surface area (Å²) in [7, 11) is -2.26. The number of hydrogen-bond donors (Lipinski definition) is 2. The minimum absolute atomic E-state index is 0.0788. The van der Waals surface area contributed by atoms with Crippen molar-refractivity contribution in [3.05, 3.63) is 76.6 Å². The van der Waals surface area contributed by atoms with E-state index in [1.165, 1.54) is 30.3 Å². The molecular weight excluding hydrogens is 442 g/mol. The van der Waals surface area contributed by atoms with Crippen LogP contribution in [0.3, 0.4) is 0 Å². The average molecular weight is 466 g/mol. The van der Waals surface area contributed by atoms with Gasteiger partial charge >= 0.3 is 0 Å². The smallest absolute Gasteiger partial charge is 0.266 e. The van der Waals surface area contributed by atoms with Crippen LogP contribution in [0.4, 0.5) is 5.69 Å². The SMILES string of the molecule is COc1ccc(C=C(C#N)C(=O)Nc2ccc(S(N)(=O)=O)cc2)cc1Cn1nc(C)cc1C. The summed E-state index contributed by atoms with van der Waals surface area (Å²) in [5.74, 6) is 0.0365. The second kappa shape index (κ2) is 9.68. The third-order valence-corrected chi connectivity index (χ3v) is 5.77. The zero-order chi connectivity index (χ0) is 24.2. The van der Waals surface area contributed by atoms with Crippen molar-refractivity contribution in [3.63, 3.8) is 0 Å². The maximum absolute atomic E-state index is 12.6. The normalized spacial score (nSPS) is 11.7. The second-order valence-corrected chi connectivity index (χ2v) is 8.91. The van der Waals surface area contributed by atoms with Crippen molar-refractivity contribution in [1.82, 2.24) is 9.78 Å². The standard InChI is InChI=1S/C23H23N5O4S/c1-15-10-16(2)28(27-15)14-19-12-17(4-9-22(19)32-3)11-18(13-24)23(29)26-20-5-7-21(8-6-20)33(25,30)31/h4-12H,14H2,1-3H3,(H,26,29)(H2,25,30,31). The Kier molecular flexibility index (Phi) is 6.96. The van der Waals surface area contributed by atoms with Gasteiger partial charge in [-0.25, -0.2) is 13.6 Å². The molecule has 0 aliphatic carbocycles. The molecule has 1 heterocycles. The lowest BCUT2D eigenvalue weighted by Crippen LogP contribution is -2.14. The highest BCUT2D eigenvalue weighted by Crippen LogP contribution is 2.23. The van der Waals surface area contributed by atoms with Crippen LogP contribution in [0.25, 0.3) is 6.08 Å². The van der Waals surface area contributed by atoms with Crippen LogP contribution < -0.4 is 15.2 Å². The molecule has 2 aromatic carbocycles. The van der Waals surface area contributed by atoms with Gasteiger partial charge in [0.1, 0.15) is 17.4 Å². The number of aryl methyl sites for hydroxylation is 2. The molecule has 0 spiro atoms. The zero-order valence-electron chi connectivity index (χ0n) is 18.4. The van der Waals surface area contributed by atoms with Gasteiger partial charge < -0.3 is 10.1 Å². The van der Waals surface area contributed by atoms with Gasteiger partial charge in [0.15, 0.2) is 0 Å². The number of nitrogens with one attached hydrogen (secondary N) is 1. The van der Waals surface area contributed by atoms with Crippen molar-refractivity contribution in [2.45, 2.75) is 25.3 Å². The fourth-order valence-electron chi connectivity index (χ4n) is 3.25. The van der Waals surface area contributed by atoms with Crippen LogP contribution in [0, 0.1) is 25.2 Å². The summed E-state index contributed by atoms with van der Waals surface area (Å²) in [6.45, 7) is 4.35. The fraction of sp³-hybridized carbons (Fsp3) is 0.174. The van der Waals surface area contributed by atoms with E-state index in [9.17, 15) is 18.5 Å². The molecule has 0 bridgehead atoms. The lowest BCUT2D eigenvalue weighted by molar-refractivity contribution is -0.112. The van der Waals surface area contributed by atoms with Crippen molar-refractivity contribution in [2.75, 3.05) is 12.4 Å². The lowest BCUT2D eigenvalue weighted by atomic mass is 10.1. The number of sulfonamides is 1. The molecule has 3 rings (SSSR count). The van der Waals surface area contributed by atoms with Gasteiger partial charge in [-0.15, -0.1) is 0 Å². The van der Waals surface area contributed by atoms with Crippen LogP contribution in [-0.2, 0) is 21.4 Å². The van der Waals surface area contributed by atoms with E-state index in [-0.39, 0.29) is 10.5 Å². The number of nitrogens with zero attached hydrogens (tertiary/aromatic N) is 3. The number of methoxy groups -OCH3 is 1. The van der Waals surface area contributed by atoms with Gasteiger partial charge in [0, 0.05) is 16.9 Å². The Morgan fingerprint density at radius 2 is 1.91 bits per heavy atom. The van der Waals surface area contributed by atoms with E-state index in [4.69, 9.17) is 9.88 Å². The Morgan fingerprint density at radius 1 is 1.21 bits per heavy atom. The molecule has 1 aromatic heterocycles. The second-order valence-electron chi connectivity index (χ2n) is 7.35. The molecule has 3 N–H and O–H groups in total. The van der Waals surface area contributed by atoms with Crippen LogP contribution in [0.15, 0.2) is 59.0 Å². The minimum Gasteiger partial charge on any atom is -0.496 e. The van der Waals surface area contributed by atoms with Gasteiger partial charge in [0.25, 0.3) is 5.91 Å². The summed E-state index contributed by atoms with van der Waals surface area (Å²) in [6, 6.07) is 14.6. The number of carbonyl (C=O) groups excluding carboxylic acids is 1. The van der Waals surface area contributed by atoms with E-state index in [2.05, 4.69) is 10.4 Å². The highest BCUT2D eigenvalue weighted by Gasteiger charge is 2.13. The summed E-state index contributed by atoms with van der Waals surface area (Å²) in [4.78, 5) is 12.5. The van der Waals surface area contributed by atoms with Gasteiger partial charge in [-0.2, -0.15) is 10.4 Å². The summed E-state index contributed by atoms with van der Waals surface area (Å²) >= 11 is 0. The van der Waals surface area contributed by atoms with Gasteiger partial charge in [-0.3, -0.25) is 9.48 Å². The van der Waals surface area contributed by atoms with Crippen LogP contribution in [0.5, 0.6) is 5.75 Å². The molecule has 0 aliphatic heterocycles. The Balaban J connectivity index is 1.84. The molecule has 0 radical (unpaired) electrons. The number of aromatic nitrogens is 2. The van der Waals surface area contributed by atoms with E-state index in [0.717, 1.165) is 17.0 Å². The first-order valence-corrected chi connectivity index (χ1v) is 11.4. The number of rotatable bonds is 7. The molecule has 3 aromatic rings. The van der Waals surface area contributed by atoms with Crippen LogP contribution in [0.1, 0.15) is 22.5 Å². The summed E-state index contributed by atoms with van der Waals surface area (Å²) in [6.07, 6.45) is 1.47. The Bertz CT molecular complexity index is 1370. The maximum Gasteiger partial charge on any atom is 0.266 e. The predicted octanol–water partition coefficient (Wildman–Crippen LogP) is 2.75. The molecule has 170 valence electrons. The molecule has 33 heavy (non-hydrogen) atoms. The first-order chi connectivity index (χ1) is 15.6. The number of nitrogens with two attached hydrogens (primary N) is 1. The van der Waals surface area contributed by atoms with E-state index >= 15 is 0 Å². The number of primary sulfonamides is 1. The molecule has 0 saturated heterocycles. The molecule has 0 unspecified atom stereocenters. The van der Waals surface area contributed by atoms with Gasteiger partial charge in [0.05, 0.1) is 24.2 Å². The van der Waals surface area contributed by atoms with Gasteiger partial charge in [-0.1, -0.05) is 6.07 Å². The number of carbonyl (C=O) groups is 1. The highest BCUT2D eigenvalue weighted by molar-refractivity contribution is 7.89. The van der Waals surface area contributed by atoms with E-state index in [1.807, 2.05) is 36.7 Å². The summed E-state index contributed by atoms with van der Waals surface area (Å²) < 4.78 is 30.0. The first kappa shape index (κ1) is 23.7. The van der Waals surface area contributed by atoms with Gasteiger partial charge in [0.2, 0.25) is 10.0 Å². The number of ether oxygens (including phenoxy) is 1. The van der Waals surface area contributed by atoms with Crippen LogP contribution in [-0.4, -0.2) is 31.2 Å². The van der Waals surface area contributed by atoms with Crippen molar-refractivity contribution in [2.24, 2.45) is 5.14 Å². The monoisotopic (exact) mass is 465 g/mol. The molecule has 10 heteroatoms. The summed E-state index contributed by atoms with van der Waals surface area (Å²) in [5, 5.41) is 21.6. The largest absolute Gasteiger partial charge is 0.496 e. The van der Waals surface area contributed by atoms with Crippen LogP contribution in [0.2, 0.25) is 0 Å². The molecule has 0 fully saturated rings.